The highest BCUT2D eigenvalue weighted by Crippen LogP contribution is 2.49. The molecule has 1 aromatic carbocycles. The maximum absolute atomic E-state index is 13.8. The predicted octanol–water partition coefficient (Wildman–Crippen LogP) is 4.84. The average molecular weight is 555 g/mol. The second-order valence-corrected chi connectivity index (χ2v) is 10.8. The number of ketones is 1. The van der Waals surface area contributed by atoms with Gasteiger partial charge in [0.2, 0.25) is 5.75 Å². The molecule has 11 heteroatoms. The van der Waals surface area contributed by atoms with Crippen LogP contribution in [0.25, 0.3) is 0 Å². The molecule has 3 atom stereocenters. The van der Waals surface area contributed by atoms with Crippen LogP contribution < -0.4 is 10.1 Å². The van der Waals surface area contributed by atoms with Crippen LogP contribution >= 0.6 is 11.3 Å². The lowest BCUT2D eigenvalue weighted by Gasteiger charge is -2.36. The Kier molecular flexibility index (Phi) is 7.72. The van der Waals surface area contributed by atoms with Crippen molar-refractivity contribution in [2.24, 2.45) is 0 Å². The van der Waals surface area contributed by atoms with E-state index in [-0.39, 0.29) is 48.8 Å². The number of carbonyl (C=O) groups excluding carboxylic acids is 2. The minimum atomic E-state index is -0.937. The number of hydrogen-bond donors (Lipinski definition) is 2. The van der Waals surface area contributed by atoms with Gasteiger partial charge in [-0.3, -0.25) is 14.9 Å². The van der Waals surface area contributed by atoms with Crippen LogP contribution in [0.3, 0.4) is 0 Å². The van der Waals surface area contributed by atoms with Gasteiger partial charge in [0.05, 0.1) is 23.2 Å². The third kappa shape index (κ3) is 5.28. The van der Waals surface area contributed by atoms with E-state index >= 15 is 0 Å². The Bertz CT molecular complexity index is 1360. The first kappa shape index (κ1) is 26.9. The van der Waals surface area contributed by atoms with Crippen LogP contribution in [0.15, 0.2) is 52.2 Å². The van der Waals surface area contributed by atoms with Crippen molar-refractivity contribution in [3.8, 4) is 11.5 Å². The molecule has 0 saturated carbocycles. The summed E-state index contributed by atoms with van der Waals surface area (Å²) >= 11 is 1.59. The van der Waals surface area contributed by atoms with Gasteiger partial charge in [-0.25, -0.2) is 4.79 Å². The molecule has 0 spiro atoms. The van der Waals surface area contributed by atoms with E-state index in [4.69, 9.17) is 14.2 Å². The lowest BCUT2D eigenvalue weighted by molar-refractivity contribution is -0.386. The minimum absolute atomic E-state index is 0.0154. The molecule has 1 fully saturated rings. The molecule has 10 nitrogen and oxygen atoms in total. The quantitative estimate of drug-likeness (QED) is 0.267. The molecule has 1 aliphatic carbocycles. The molecule has 2 N–H and O–H groups in total. The van der Waals surface area contributed by atoms with Crippen molar-refractivity contribution in [1.29, 1.82) is 0 Å². The second kappa shape index (κ2) is 11.2. The van der Waals surface area contributed by atoms with E-state index in [1.807, 2.05) is 17.5 Å². The number of aromatic hydroxyl groups is 1. The number of rotatable bonds is 8. The SMILES string of the molecule is CCOc1cc([C@H]2C(C(=O)OC[C@@H]3CCCO3)=C(C)NC3=C2C(=O)C[C@H](c2cccs2)C3)cc([N+](=O)[O-])c1O. The number of hydrogen-bond acceptors (Lipinski definition) is 10. The number of thiophene rings is 1. The Morgan fingerprint density at radius 1 is 1.33 bits per heavy atom. The first-order valence-corrected chi connectivity index (χ1v) is 13.9. The monoisotopic (exact) mass is 554 g/mol. The average Bonchev–Trinajstić information content (AvgIpc) is 3.62. The van der Waals surface area contributed by atoms with Crippen LogP contribution in [-0.4, -0.2) is 47.7 Å². The van der Waals surface area contributed by atoms with Crippen molar-refractivity contribution >= 4 is 28.8 Å². The summed E-state index contributed by atoms with van der Waals surface area (Å²) in [6, 6.07) is 6.62. The fourth-order valence-corrected chi connectivity index (χ4v) is 6.41. The number of dihydropyridines is 1. The Balaban J connectivity index is 1.60. The van der Waals surface area contributed by atoms with E-state index in [1.54, 1.807) is 25.2 Å². The number of allylic oxidation sites excluding steroid dienone is 3. The van der Waals surface area contributed by atoms with Crippen LogP contribution in [0, 0.1) is 10.1 Å². The first-order valence-electron chi connectivity index (χ1n) is 13.0. The number of Topliss-reactive ketones (excluding diaryl/α,β-unsaturated/α-hetero) is 1. The Morgan fingerprint density at radius 2 is 2.15 bits per heavy atom. The minimum Gasteiger partial charge on any atom is -0.500 e. The number of nitrogens with zero attached hydrogens (tertiary/aromatic N) is 1. The number of carbonyl (C=O) groups is 2. The van der Waals surface area contributed by atoms with E-state index < -0.39 is 28.2 Å². The number of phenolic OH excluding ortho intramolecular Hbond substituents is 1. The van der Waals surface area contributed by atoms with Crippen LogP contribution in [0.4, 0.5) is 5.69 Å². The number of esters is 1. The first-order chi connectivity index (χ1) is 18.8. The van der Waals surface area contributed by atoms with Crippen molar-refractivity contribution in [3.63, 3.8) is 0 Å². The molecule has 1 aromatic heterocycles. The number of ether oxygens (including phenoxy) is 3. The van der Waals surface area contributed by atoms with Gasteiger partial charge in [-0.2, -0.15) is 0 Å². The van der Waals surface area contributed by atoms with Gasteiger partial charge in [0.15, 0.2) is 11.5 Å². The van der Waals surface area contributed by atoms with Crippen molar-refractivity contribution in [1.82, 2.24) is 5.32 Å². The Morgan fingerprint density at radius 3 is 2.82 bits per heavy atom. The maximum Gasteiger partial charge on any atom is 0.336 e. The predicted molar refractivity (Wildman–Crippen MR) is 143 cm³/mol. The van der Waals surface area contributed by atoms with Gasteiger partial charge in [-0.05, 0) is 56.2 Å². The normalized spacial score (nSPS) is 22.9. The van der Waals surface area contributed by atoms with Gasteiger partial charge in [-0.15, -0.1) is 11.3 Å². The summed E-state index contributed by atoms with van der Waals surface area (Å²) in [5, 5.41) is 27.6. The highest BCUT2D eigenvalue weighted by atomic mass is 32.1. The molecular weight excluding hydrogens is 524 g/mol. The molecule has 3 aliphatic rings. The summed E-state index contributed by atoms with van der Waals surface area (Å²) < 4.78 is 16.7. The lowest BCUT2D eigenvalue weighted by Crippen LogP contribution is -2.36. The lowest BCUT2D eigenvalue weighted by atomic mass is 9.72. The van der Waals surface area contributed by atoms with Crippen LogP contribution in [0.5, 0.6) is 11.5 Å². The molecule has 0 bridgehead atoms. The van der Waals surface area contributed by atoms with Gasteiger partial charge in [-0.1, -0.05) is 6.07 Å². The molecule has 2 aromatic rings. The van der Waals surface area contributed by atoms with Crippen LogP contribution in [0.1, 0.15) is 61.8 Å². The summed E-state index contributed by atoms with van der Waals surface area (Å²) in [5.74, 6) is -2.44. The largest absolute Gasteiger partial charge is 0.500 e. The number of nitrogens with one attached hydrogen (secondary N) is 1. The molecule has 0 radical (unpaired) electrons. The highest BCUT2D eigenvalue weighted by molar-refractivity contribution is 7.10. The van der Waals surface area contributed by atoms with Crippen molar-refractivity contribution in [2.75, 3.05) is 19.8 Å². The molecule has 5 rings (SSSR count). The van der Waals surface area contributed by atoms with E-state index in [1.165, 1.54) is 12.1 Å². The van der Waals surface area contributed by atoms with Crippen molar-refractivity contribution in [3.05, 3.63) is 72.7 Å². The number of phenols is 1. The standard InChI is InChI=1S/C28H30N2O8S/c1-3-36-22-13-17(11-20(27(22)32)30(34)35)25-24(28(33)38-14-18-6-4-8-37-18)15(2)29-19-10-16(12-21(31)26(19)25)23-7-5-9-39-23/h5,7,9,11,13,16,18,25,29,32H,3-4,6,8,10,12,14H2,1-2H3/t16-,18+,25+/m1/s1. The number of benzene rings is 1. The fraction of sp³-hybridized carbons (Fsp3) is 0.429. The summed E-state index contributed by atoms with van der Waals surface area (Å²) in [6.07, 6.45) is 2.27. The summed E-state index contributed by atoms with van der Waals surface area (Å²) in [4.78, 5) is 39.5. The zero-order valence-corrected chi connectivity index (χ0v) is 22.5. The molecule has 0 amide bonds. The van der Waals surface area contributed by atoms with E-state index in [2.05, 4.69) is 5.32 Å². The van der Waals surface area contributed by atoms with E-state index in [0.29, 0.717) is 35.6 Å². The Hall–Kier alpha value is -3.70. The molecular formula is C28H30N2O8S. The zero-order chi connectivity index (χ0) is 27.7. The van der Waals surface area contributed by atoms with Gasteiger partial charge >= 0.3 is 11.7 Å². The topological polar surface area (TPSA) is 137 Å². The van der Waals surface area contributed by atoms with Crippen LogP contribution in [-0.2, 0) is 19.1 Å². The van der Waals surface area contributed by atoms with Gasteiger partial charge in [0, 0.05) is 52.8 Å². The smallest absolute Gasteiger partial charge is 0.336 e. The van der Waals surface area contributed by atoms with Crippen molar-refractivity contribution in [2.45, 2.75) is 57.5 Å². The highest BCUT2D eigenvalue weighted by Gasteiger charge is 2.43. The van der Waals surface area contributed by atoms with Gasteiger partial charge in [0.25, 0.3) is 0 Å². The van der Waals surface area contributed by atoms with Crippen LogP contribution in [0.2, 0.25) is 0 Å². The van der Waals surface area contributed by atoms with E-state index in [0.717, 1.165) is 17.7 Å². The summed E-state index contributed by atoms with van der Waals surface area (Å²) in [7, 11) is 0. The zero-order valence-electron chi connectivity index (χ0n) is 21.7. The number of nitro groups is 1. The third-order valence-electron chi connectivity index (χ3n) is 7.32. The fourth-order valence-electron chi connectivity index (χ4n) is 5.58. The molecule has 206 valence electrons. The molecule has 39 heavy (non-hydrogen) atoms. The number of nitro benzene ring substituents is 1. The molecule has 3 heterocycles. The van der Waals surface area contributed by atoms with E-state index in [9.17, 15) is 24.8 Å². The molecule has 1 saturated heterocycles. The molecule has 2 aliphatic heterocycles. The Labute approximate surface area is 229 Å². The van der Waals surface area contributed by atoms with Gasteiger partial charge < -0.3 is 24.6 Å². The van der Waals surface area contributed by atoms with Crippen molar-refractivity contribution < 1.29 is 33.8 Å². The van der Waals surface area contributed by atoms with Gasteiger partial charge in [0.1, 0.15) is 6.61 Å². The third-order valence-corrected chi connectivity index (χ3v) is 8.36. The second-order valence-electron chi connectivity index (χ2n) is 9.84. The summed E-state index contributed by atoms with van der Waals surface area (Å²) in [6.45, 7) is 4.26. The summed E-state index contributed by atoms with van der Waals surface area (Å²) in [5.41, 5.74) is 1.47. The maximum atomic E-state index is 13.8. The molecule has 0 unspecified atom stereocenters.